The molecule has 0 amide bonds. The second-order valence-corrected chi connectivity index (χ2v) is 6.27. The van der Waals surface area contributed by atoms with Crippen molar-refractivity contribution in [1.29, 1.82) is 0 Å². The molecule has 0 bridgehead atoms. The number of hydrogen-bond donors (Lipinski definition) is 1. The lowest BCUT2D eigenvalue weighted by atomic mass is 9.95. The van der Waals surface area contributed by atoms with E-state index in [0.29, 0.717) is 10.9 Å². The Bertz CT molecular complexity index is 674. The third-order valence-electron chi connectivity index (χ3n) is 4.24. The minimum atomic E-state index is -0.238. The van der Waals surface area contributed by atoms with E-state index < -0.39 is 0 Å². The van der Waals surface area contributed by atoms with Crippen molar-refractivity contribution in [3.63, 3.8) is 0 Å². The van der Waals surface area contributed by atoms with Gasteiger partial charge < -0.3 is 10.1 Å². The van der Waals surface area contributed by atoms with Gasteiger partial charge in [0.15, 0.2) is 0 Å². The molecule has 23 heavy (non-hydrogen) atoms. The van der Waals surface area contributed by atoms with Crippen LogP contribution in [-0.4, -0.2) is 18.1 Å². The standard InChI is InChI=1S/C18H20ClFN2O/c1-2-12-8-16(20)3-4-17(12)23-18(13-5-6-21-9-13)14-7-15(19)11-22-10-14/h3-4,7-8,10-11,13,18,21H,2,5-6,9H2,1H3/t13-,18+/m0/s1. The fourth-order valence-corrected chi connectivity index (χ4v) is 3.21. The zero-order valence-corrected chi connectivity index (χ0v) is 13.8. The molecule has 2 heterocycles. The molecule has 0 aliphatic carbocycles. The number of halogens is 2. The molecule has 1 fully saturated rings. The normalized spacial score (nSPS) is 18.8. The highest BCUT2D eigenvalue weighted by molar-refractivity contribution is 6.30. The Labute approximate surface area is 140 Å². The Hall–Kier alpha value is -1.65. The predicted molar refractivity (Wildman–Crippen MR) is 89.4 cm³/mol. The molecule has 2 aromatic rings. The maximum absolute atomic E-state index is 13.5. The first-order valence-corrected chi connectivity index (χ1v) is 8.31. The van der Waals surface area contributed by atoms with Crippen molar-refractivity contribution in [3.05, 3.63) is 58.6 Å². The zero-order chi connectivity index (χ0) is 16.2. The average Bonchev–Trinajstić information content (AvgIpc) is 3.07. The molecule has 1 aromatic heterocycles. The van der Waals surface area contributed by atoms with Gasteiger partial charge in [0.1, 0.15) is 17.7 Å². The first-order chi connectivity index (χ1) is 11.2. The summed E-state index contributed by atoms with van der Waals surface area (Å²) in [7, 11) is 0. The highest BCUT2D eigenvalue weighted by Crippen LogP contribution is 2.34. The highest BCUT2D eigenvalue weighted by atomic mass is 35.5. The highest BCUT2D eigenvalue weighted by Gasteiger charge is 2.29. The van der Waals surface area contributed by atoms with Gasteiger partial charge in [0, 0.05) is 30.4 Å². The number of aryl methyl sites for hydroxylation is 1. The van der Waals surface area contributed by atoms with Crippen LogP contribution in [-0.2, 0) is 6.42 Å². The van der Waals surface area contributed by atoms with Crippen LogP contribution in [0.4, 0.5) is 4.39 Å². The van der Waals surface area contributed by atoms with Crippen LogP contribution >= 0.6 is 11.6 Å². The summed E-state index contributed by atoms with van der Waals surface area (Å²) in [6.07, 6.45) is 5.01. The Morgan fingerprint density at radius 2 is 2.26 bits per heavy atom. The molecule has 122 valence electrons. The number of hydrogen-bond acceptors (Lipinski definition) is 3. The first kappa shape index (κ1) is 16.2. The quantitative estimate of drug-likeness (QED) is 0.891. The van der Waals surface area contributed by atoms with Crippen LogP contribution < -0.4 is 10.1 Å². The van der Waals surface area contributed by atoms with Crippen molar-refractivity contribution >= 4 is 11.6 Å². The van der Waals surface area contributed by atoms with Crippen LogP contribution in [0.15, 0.2) is 36.7 Å². The van der Waals surface area contributed by atoms with Crippen molar-refractivity contribution in [1.82, 2.24) is 10.3 Å². The van der Waals surface area contributed by atoms with Crippen LogP contribution in [0.25, 0.3) is 0 Å². The molecule has 1 aliphatic rings. The fraction of sp³-hybridized carbons (Fsp3) is 0.389. The van der Waals surface area contributed by atoms with Gasteiger partial charge in [-0.25, -0.2) is 4.39 Å². The molecular formula is C18H20ClFN2O. The van der Waals surface area contributed by atoms with E-state index in [1.165, 1.54) is 12.1 Å². The van der Waals surface area contributed by atoms with Gasteiger partial charge >= 0.3 is 0 Å². The van der Waals surface area contributed by atoms with Crippen LogP contribution in [0.1, 0.15) is 30.6 Å². The van der Waals surface area contributed by atoms with Crippen molar-refractivity contribution < 1.29 is 9.13 Å². The van der Waals surface area contributed by atoms with Crippen molar-refractivity contribution in [3.8, 4) is 5.75 Å². The van der Waals surface area contributed by atoms with E-state index in [0.717, 1.165) is 42.8 Å². The van der Waals surface area contributed by atoms with Crippen LogP contribution in [0, 0.1) is 11.7 Å². The minimum absolute atomic E-state index is 0.146. The predicted octanol–water partition coefficient (Wildman–Crippen LogP) is 4.17. The van der Waals surface area contributed by atoms with Crippen molar-refractivity contribution in [2.75, 3.05) is 13.1 Å². The van der Waals surface area contributed by atoms with Crippen molar-refractivity contribution in [2.24, 2.45) is 5.92 Å². The van der Waals surface area contributed by atoms with Gasteiger partial charge in [-0.05, 0) is 49.2 Å². The number of aromatic nitrogens is 1. The largest absolute Gasteiger partial charge is 0.485 e. The summed E-state index contributed by atoms with van der Waals surface area (Å²) in [6, 6.07) is 6.58. The molecule has 1 N–H and O–H groups in total. The lowest BCUT2D eigenvalue weighted by molar-refractivity contribution is 0.142. The van der Waals surface area contributed by atoms with Crippen LogP contribution in [0.3, 0.4) is 0 Å². The summed E-state index contributed by atoms with van der Waals surface area (Å²) < 4.78 is 19.8. The molecule has 1 aliphatic heterocycles. The summed E-state index contributed by atoms with van der Waals surface area (Å²) in [6.45, 7) is 3.86. The number of benzene rings is 1. The second kappa shape index (κ2) is 7.28. The summed E-state index contributed by atoms with van der Waals surface area (Å²) in [5.41, 5.74) is 1.83. The Morgan fingerprint density at radius 3 is 2.96 bits per heavy atom. The third-order valence-corrected chi connectivity index (χ3v) is 4.45. The Morgan fingerprint density at radius 1 is 1.39 bits per heavy atom. The molecule has 1 aromatic carbocycles. The molecular weight excluding hydrogens is 315 g/mol. The van der Waals surface area contributed by atoms with E-state index in [1.807, 2.05) is 13.0 Å². The molecule has 3 rings (SSSR count). The van der Waals surface area contributed by atoms with E-state index >= 15 is 0 Å². The smallest absolute Gasteiger partial charge is 0.129 e. The van der Waals surface area contributed by atoms with Crippen molar-refractivity contribution in [2.45, 2.75) is 25.9 Å². The van der Waals surface area contributed by atoms with E-state index in [-0.39, 0.29) is 11.9 Å². The minimum Gasteiger partial charge on any atom is -0.485 e. The topological polar surface area (TPSA) is 34.1 Å². The number of ether oxygens (including phenoxy) is 1. The molecule has 1 saturated heterocycles. The van der Waals surface area contributed by atoms with Gasteiger partial charge in [0.25, 0.3) is 0 Å². The summed E-state index contributed by atoms with van der Waals surface area (Å²) >= 11 is 6.09. The lowest BCUT2D eigenvalue weighted by Gasteiger charge is -2.26. The zero-order valence-electron chi connectivity index (χ0n) is 13.1. The average molecular weight is 335 g/mol. The monoisotopic (exact) mass is 334 g/mol. The van der Waals surface area contributed by atoms with E-state index in [4.69, 9.17) is 16.3 Å². The molecule has 0 saturated carbocycles. The molecule has 3 nitrogen and oxygen atoms in total. The molecule has 0 unspecified atom stereocenters. The molecule has 0 radical (unpaired) electrons. The maximum atomic E-state index is 13.5. The van der Waals surface area contributed by atoms with Crippen LogP contribution in [0.5, 0.6) is 5.75 Å². The molecule has 0 spiro atoms. The fourth-order valence-electron chi connectivity index (χ4n) is 3.03. The van der Waals surface area contributed by atoms with Gasteiger partial charge in [0.05, 0.1) is 5.02 Å². The lowest BCUT2D eigenvalue weighted by Crippen LogP contribution is -2.22. The van der Waals surface area contributed by atoms with Crippen LogP contribution in [0.2, 0.25) is 5.02 Å². The Kier molecular flexibility index (Phi) is 5.13. The molecule has 2 atom stereocenters. The van der Waals surface area contributed by atoms with Gasteiger partial charge in [-0.15, -0.1) is 0 Å². The van der Waals surface area contributed by atoms with Gasteiger partial charge in [-0.3, -0.25) is 4.98 Å². The Balaban J connectivity index is 1.93. The van der Waals surface area contributed by atoms with E-state index in [1.54, 1.807) is 18.5 Å². The van der Waals surface area contributed by atoms with E-state index in [9.17, 15) is 4.39 Å². The summed E-state index contributed by atoms with van der Waals surface area (Å²) in [5.74, 6) is 0.827. The van der Waals surface area contributed by atoms with E-state index in [2.05, 4.69) is 10.3 Å². The number of nitrogens with one attached hydrogen (secondary N) is 1. The second-order valence-electron chi connectivity index (χ2n) is 5.83. The first-order valence-electron chi connectivity index (χ1n) is 7.93. The summed E-state index contributed by atoms with van der Waals surface area (Å²) in [5, 5.41) is 3.96. The van der Waals surface area contributed by atoms with Gasteiger partial charge in [-0.2, -0.15) is 0 Å². The van der Waals surface area contributed by atoms with Gasteiger partial charge in [0.2, 0.25) is 0 Å². The number of rotatable bonds is 5. The maximum Gasteiger partial charge on any atom is 0.129 e. The van der Waals surface area contributed by atoms with Gasteiger partial charge in [-0.1, -0.05) is 18.5 Å². The molecule has 5 heteroatoms. The number of nitrogens with zero attached hydrogens (tertiary/aromatic N) is 1. The summed E-state index contributed by atoms with van der Waals surface area (Å²) in [4.78, 5) is 4.18. The number of pyridine rings is 1. The third kappa shape index (κ3) is 3.82. The SMILES string of the molecule is CCc1cc(F)ccc1O[C@@H](c1cncc(Cl)c1)[C@H]1CCNC1.